The highest BCUT2D eigenvalue weighted by Gasteiger charge is 2.52. The van der Waals surface area contributed by atoms with Gasteiger partial charge in [0.15, 0.2) is 5.84 Å². The fourth-order valence-corrected chi connectivity index (χ4v) is 2.81. The lowest BCUT2D eigenvalue weighted by molar-refractivity contribution is -0.134. The first-order valence-electron chi connectivity index (χ1n) is 6.78. The molecule has 1 atom stereocenters. The van der Waals surface area contributed by atoms with Gasteiger partial charge in [0, 0.05) is 7.11 Å². The number of rotatable bonds is 7. The van der Waals surface area contributed by atoms with E-state index in [2.05, 4.69) is 24.3 Å². The van der Waals surface area contributed by atoms with E-state index in [9.17, 15) is 4.79 Å². The molecule has 1 unspecified atom stereocenters. The van der Waals surface area contributed by atoms with Gasteiger partial charge in [-0.25, -0.2) is 0 Å². The minimum Gasteiger partial charge on any atom is -0.409 e. The van der Waals surface area contributed by atoms with Gasteiger partial charge in [-0.05, 0) is 25.2 Å². The van der Waals surface area contributed by atoms with Gasteiger partial charge in [-0.2, -0.15) is 0 Å². The largest absolute Gasteiger partial charge is 0.409 e. The summed E-state index contributed by atoms with van der Waals surface area (Å²) in [5.41, 5.74) is 4.87. The Morgan fingerprint density at radius 1 is 1.63 bits per heavy atom. The molecule has 19 heavy (non-hydrogen) atoms. The zero-order valence-electron chi connectivity index (χ0n) is 12.0. The van der Waals surface area contributed by atoms with Gasteiger partial charge in [-0.15, -0.1) is 0 Å². The lowest BCUT2D eigenvalue weighted by atomic mass is 9.61. The van der Waals surface area contributed by atoms with Crippen LogP contribution in [0.5, 0.6) is 0 Å². The second-order valence-corrected chi connectivity index (χ2v) is 5.50. The monoisotopic (exact) mass is 271 g/mol. The highest BCUT2D eigenvalue weighted by Crippen LogP contribution is 2.46. The van der Waals surface area contributed by atoms with E-state index in [1.807, 2.05) is 0 Å². The third kappa shape index (κ3) is 3.37. The standard InChI is InChI=1S/C13H25N3O3/c1-4-5-10(8-19-3)15-12(17)13(11(14)16-18)6-9(2)7-13/h9-10,18H,4-8H2,1-3H3,(H2,14,16)(H,15,17). The summed E-state index contributed by atoms with van der Waals surface area (Å²) in [5.74, 6) is 0.269. The predicted molar refractivity (Wildman–Crippen MR) is 73.0 cm³/mol. The summed E-state index contributed by atoms with van der Waals surface area (Å²) in [7, 11) is 1.61. The molecule has 4 N–H and O–H groups in total. The first-order valence-corrected chi connectivity index (χ1v) is 6.78. The summed E-state index contributed by atoms with van der Waals surface area (Å²) in [6, 6.07) is -0.0261. The Morgan fingerprint density at radius 2 is 2.26 bits per heavy atom. The Hall–Kier alpha value is -1.30. The molecule has 0 saturated heterocycles. The number of carbonyl (C=O) groups excluding carboxylic acids is 1. The van der Waals surface area contributed by atoms with Gasteiger partial charge in [0.25, 0.3) is 0 Å². The van der Waals surface area contributed by atoms with E-state index in [0.29, 0.717) is 25.4 Å². The van der Waals surface area contributed by atoms with Crippen molar-refractivity contribution in [3.63, 3.8) is 0 Å². The molecule has 0 aromatic carbocycles. The summed E-state index contributed by atoms with van der Waals surface area (Å²) < 4.78 is 5.10. The SMILES string of the molecule is CCCC(COC)NC(=O)C1(C(N)=NO)CC(C)C1. The molecule has 1 aliphatic carbocycles. The smallest absolute Gasteiger partial charge is 0.234 e. The van der Waals surface area contributed by atoms with Crippen molar-refractivity contribution in [1.82, 2.24) is 5.32 Å². The molecule has 1 fully saturated rings. The van der Waals surface area contributed by atoms with Gasteiger partial charge >= 0.3 is 0 Å². The summed E-state index contributed by atoms with van der Waals surface area (Å²) >= 11 is 0. The van der Waals surface area contributed by atoms with Gasteiger partial charge < -0.3 is 21.0 Å². The van der Waals surface area contributed by atoms with Crippen LogP contribution in [0.25, 0.3) is 0 Å². The molecule has 1 saturated carbocycles. The van der Waals surface area contributed by atoms with Gasteiger partial charge in [0.05, 0.1) is 12.6 Å². The molecule has 0 aromatic rings. The van der Waals surface area contributed by atoms with Crippen LogP contribution < -0.4 is 11.1 Å². The Kier molecular flexibility index (Phi) is 5.60. The van der Waals surface area contributed by atoms with Crippen molar-refractivity contribution in [2.24, 2.45) is 22.2 Å². The van der Waals surface area contributed by atoms with Crippen molar-refractivity contribution < 1.29 is 14.7 Å². The van der Waals surface area contributed by atoms with Crippen molar-refractivity contribution in [3.05, 3.63) is 0 Å². The van der Waals surface area contributed by atoms with E-state index in [-0.39, 0.29) is 17.8 Å². The zero-order valence-corrected chi connectivity index (χ0v) is 12.0. The Labute approximate surface area is 114 Å². The van der Waals surface area contributed by atoms with Crippen LogP contribution in [0, 0.1) is 11.3 Å². The molecule has 110 valence electrons. The number of hydrogen-bond acceptors (Lipinski definition) is 4. The van der Waals surface area contributed by atoms with E-state index in [1.165, 1.54) is 0 Å². The average molecular weight is 271 g/mol. The Bertz CT molecular complexity index is 332. The molecule has 0 aliphatic heterocycles. The molecule has 0 heterocycles. The number of hydrogen-bond donors (Lipinski definition) is 3. The minimum atomic E-state index is -0.839. The summed E-state index contributed by atoms with van der Waals surface area (Å²) in [5, 5.41) is 14.9. The number of amidine groups is 1. The number of nitrogens with zero attached hydrogens (tertiary/aromatic N) is 1. The van der Waals surface area contributed by atoms with Crippen LogP contribution in [-0.4, -0.2) is 36.7 Å². The summed E-state index contributed by atoms with van der Waals surface area (Å²) in [6.07, 6.45) is 3.06. The molecule has 6 nitrogen and oxygen atoms in total. The van der Waals surface area contributed by atoms with E-state index in [4.69, 9.17) is 15.7 Å². The van der Waals surface area contributed by atoms with Crippen molar-refractivity contribution in [2.45, 2.75) is 45.6 Å². The molecule has 0 aromatic heterocycles. The van der Waals surface area contributed by atoms with Crippen LogP contribution in [-0.2, 0) is 9.53 Å². The highest BCUT2D eigenvalue weighted by molar-refractivity contribution is 6.07. The van der Waals surface area contributed by atoms with Crippen LogP contribution in [0.2, 0.25) is 0 Å². The number of methoxy groups -OCH3 is 1. The van der Waals surface area contributed by atoms with Crippen LogP contribution in [0.1, 0.15) is 39.5 Å². The van der Waals surface area contributed by atoms with Crippen LogP contribution in [0.15, 0.2) is 5.16 Å². The first-order chi connectivity index (χ1) is 9.00. The zero-order chi connectivity index (χ0) is 14.5. The number of oxime groups is 1. The van der Waals surface area contributed by atoms with Crippen LogP contribution in [0.4, 0.5) is 0 Å². The third-order valence-electron chi connectivity index (χ3n) is 3.77. The van der Waals surface area contributed by atoms with E-state index in [1.54, 1.807) is 7.11 Å². The van der Waals surface area contributed by atoms with E-state index >= 15 is 0 Å². The van der Waals surface area contributed by atoms with Crippen LogP contribution >= 0.6 is 0 Å². The molecular weight excluding hydrogens is 246 g/mol. The lowest BCUT2D eigenvalue weighted by Gasteiger charge is -2.44. The quantitative estimate of drug-likeness (QED) is 0.279. The summed E-state index contributed by atoms with van der Waals surface area (Å²) in [4.78, 5) is 12.4. The predicted octanol–water partition coefficient (Wildman–Crippen LogP) is 1.08. The number of ether oxygens (including phenoxy) is 1. The van der Waals surface area contributed by atoms with E-state index < -0.39 is 5.41 Å². The van der Waals surface area contributed by atoms with Crippen molar-refractivity contribution in [2.75, 3.05) is 13.7 Å². The molecule has 0 spiro atoms. The van der Waals surface area contributed by atoms with E-state index in [0.717, 1.165) is 12.8 Å². The summed E-state index contributed by atoms with van der Waals surface area (Å²) in [6.45, 7) is 4.58. The highest BCUT2D eigenvalue weighted by atomic mass is 16.5. The first kappa shape index (κ1) is 15.8. The Morgan fingerprint density at radius 3 is 2.68 bits per heavy atom. The van der Waals surface area contributed by atoms with Gasteiger partial charge in [-0.3, -0.25) is 4.79 Å². The molecule has 1 amide bonds. The lowest BCUT2D eigenvalue weighted by Crippen LogP contribution is -2.58. The number of nitrogens with one attached hydrogen (secondary N) is 1. The number of carbonyl (C=O) groups is 1. The van der Waals surface area contributed by atoms with Crippen molar-refractivity contribution in [1.29, 1.82) is 0 Å². The van der Waals surface area contributed by atoms with Crippen LogP contribution in [0.3, 0.4) is 0 Å². The van der Waals surface area contributed by atoms with Gasteiger partial charge in [0.2, 0.25) is 5.91 Å². The average Bonchev–Trinajstić information content (AvgIpc) is 2.34. The fourth-order valence-electron chi connectivity index (χ4n) is 2.81. The van der Waals surface area contributed by atoms with Gasteiger partial charge in [-0.1, -0.05) is 25.4 Å². The number of amides is 1. The molecule has 0 bridgehead atoms. The molecule has 0 radical (unpaired) electrons. The second kappa shape index (κ2) is 6.75. The Balaban J connectivity index is 2.73. The van der Waals surface area contributed by atoms with Crippen molar-refractivity contribution >= 4 is 11.7 Å². The second-order valence-electron chi connectivity index (χ2n) is 5.50. The maximum Gasteiger partial charge on any atom is 0.234 e. The number of nitrogens with two attached hydrogens (primary N) is 1. The maximum absolute atomic E-state index is 12.4. The third-order valence-corrected chi connectivity index (χ3v) is 3.77. The molecule has 6 heteroatoms. The van der Waals surface area contributed by atoms with Crippen molar-refractivity contribution in [3.8, 4) is 0 Å². The minimum absolute atomic E-state index is 0.00997. The molecule has 1 aliphatic rings. The molecule has 1 rings (SSSR count). The normalized spacial score (nSPS) is 28.6. The fraction of sp³-hybridized carbons (Fsp3) is 0.846. The topological polar surface area (TPSA) is 96.9 Å². The maximum atomic E-state index is 12.4. The van der Waals surface area contributed by atoms with Gasteiger partial charge in [0.1, 0.15) is 5.41 Å². The molecular formula is C13H25N3O3.